The van der Waals surface area contributed by atoms with Crippen molar-refractivity contribution in [3.05, 3.63) is 27.3 Å². The predicted octanol–water partition coefficient (Wildman–Crippen LogP) is 2.70. The first kappa shape index (κ1) is 9.85. The Balaban J connectivity index is 2.57. The lowest BCUT2D eigenvalue weighted by Crippen LogP contribution is -1.85. The lowest BCUT2D eigenvalue weighted by molar-refractivity contribution is 1.10. The molecule has 1 heterocycles. The summed E-state index contributed by atoms with van der Waals surface area (Å²) in [4.78, 5) is 0. The molecule has 5 heteroatoms. The maximum atomic E-state index is 5.55. The lowest BCUT2D eigenvalue weighted by Gasteiger charge is -2.02. The first-order chi connectivity index (χ1) is 6.68. The van der Waals surface area contributed by atoms with Gasteiger partial charge in [-0.25, -0.2) is 0 Å². The number of nitrogens with zero attached hydrogens (tertiary/aromatic N) is 2. The molecule has 0 aliphatic carbocycles. The number of hydrogen-bond acceptors (Lipinski definition) is 4. The molecule has 3 nitrogen and oxygen atoms in total. The van der Waals surface area contributed by atoms with Gasteiger partial charge in [0, 0.05) is 9.13 Å². The summed E-state index contributed by atoms with van der Waals surface area (Å²) in [5.41, 5.74) is 7.90. The fraction of sp³-hybridized carbons (Fsp3) is 0.111. The van der Waals surface area contributed by atoms with Gasteiger partial charge in [-0.05, 0) is 35.1 Å². The third-order valence-electron chi connectivity index (χ3n) is 1.86. The normalized spacial score (nSPS) is 10.4. The minimum absolute atomic E-state index is 0.511. The van der Waals surface area contributed by atoms with E-state index in [1.807, 2.05) is 12.1 Å². The molecule has 72 valence electrons. The van der Waals surface area contributed by atoms with Crippen molar-refractivity contribution in [3.63, 3.8) is 0 Å². The van der Waals surface area contributed by atoms with Crippen LogP contribution in [0.3, 0.4) is 0 Å². The second-order valence-electron chi connectivity index (χ2n) is 2.88. The molecule has 0 saturated heterocycles. The third kappa shape index (κ3) is 1.74. The number of rotatable bonds is 1. The van der Waals surface area contributed by atoms with Gasteiger partial charge in [0.2, 0.25) is 5.13 Å². The molecular formula is C9H8IN3S. The van der Waals surface area contributed by atoms with E-state index in [9.17, 15) is 0 Å². The summed E-state index contributed by atoms with van der Waals surface area (Å²) in [7, 11) is 0. The summed E-state index contributed by atoms with van der Waals surface area (Å²) in [6.07, 6.45) is 0. The predicted molar refractivity (Wildman–Crippen MR) is 67.2 cm³/mol. The number of aromatic nitrogens is 2. The molecule has 1 aromatic carbocycles. The van der Waals surface area contributed by atoms with Crippen molar-refractivity contribution in [1.82, 2.24) is 10.2 Å². The fourth-order valence-electron chi connectivity index (χ4n) is 1.16. The van der Waals surface area contributed by atoms with Gasteiger partial charge in [0.05, 0.1) is 0 Å². The van der Waals surface area contributed by atoms with Crippen LogP contribution in [0.1, 0.15) is 5.56 Å². The van der Waals surface area contributed by atoms with Gasteiger partial charge >= 0.3 is 0 Å². The second-order valence-corrected chi connectivity index (χ2v) is 4.97. The molecule has 0 bridgehead atoms. The molecule has 0 unspecified atom stereocenters. The average molecular weight is 317 g/mol. The Morgan fingerprint density at radius 3 is 2.79 bits per heavy atom. The Kier molecular flexibility index (Phi) is 2.69. The Morgan fingerprint density at radius 2 is 2.14 bits per heavy atom. The first-order valence-electron chi connectivity index (χ1n) is 4.03. The van der Waals surface area contributed by atoms with E-state index in [0.717, 1.165) is 10.6 Å². The lowest BCUT2D eigenvalue weighted by atomic mass is 10.1. The number of aryl methyl sites for hydroxylation is 1. The number of halogens is 1. The summed E-state index contributed by atoms with van der Waals surface area (Å²) < 4.78 is 1.21. The van der Waals surface area contributed by atoms with E-state index in [4.69, 9.17) is 5.73 Å². The Hall–Kier alpha value is -0.690. The molecular weight excluding hydrogens is 309 g/mol. The van der Waals surface area contributed by atoms with Crippen LogP contribution in [-0.2, 0) is 0 Å². The van der Waals surface area contributed by atoms with E-state index in [-0.39, 0.29) is 0 Å². The van der Waals surface area contributed by atoms with Crippen LogP contribution in [0.15, 0.2) is 18.2 Å². The van der Waals surface area contributed by atoms with E-state index in [2.05, 4.69) is 45.8 Å². The highest BCUT2D eigenvalue weighted by atomic mass is 127. The van der Waals surface area contributed by atoms with Gasteiger partial charge in [-0.3, -0.25) is 0 Å². The molecule has 2 aromatic rings. The van der Waals surface area contributed by atoms with E-state index in [1.165, 1.54) is 20.5 Å². The Bertz CT molecular complexity index is 467. The summed E-state index contributed by atoms with van der Waals surface area (Å²) in [5.74, 6) is 0. The summed E-state index contributed by atoms with van der Waals surface area (Å²) in [5, 5.41) is 9.23. The van der Waals surface area contributed by atoms with Crippen LogP contribution in [0.5, 0.6) is 0 Å². The minimum atomic E-state index is 0.511. The topological polar surface area (TPSA) is 51.8 Å². The molecule has 2 rings (SSSR count). The van der Waals surface area contributed by atoms with Crippen LogP contribution in [0.2, 0.25) is 0 Å². The monoisotopic (exact) mass is 317 g/mol. The second kappa shape index (κ2) is 3.82. The summed E-state index contributed by atoms with van der Waals surface area (Å²) >= 11 is 3.73. The Labute approximate surface area is 99.5 Å². The zero-order valence-corrected chi connectivity index (χ0v) is 10.5. The molecule has 0 aliphatic heterocycles. The minimum Gasteiger partial charge on any atom is -0.374 e. The Morgan fingerprint density at radius 1 is 1.36 bits per heavy atom. The third-order valence-corrected chi connectivity index (χ3v) is 4.08. The molecule has 0 aliphatic rings. The van der Waals surface area contributed by atoms with Gasteiger partial charge in [-0.1, -0.05) is 29.5 Å². The molecule has 14 heavy (non-hydrogen) atoms. The van der Waals surface area contributed by atoms with Crippen molar-refractivity contribution >= 4 is 39.1 Å². The van der Waals surface area contributed by atoms with Crippen molar-refractivity contribution in [2.24, 2.45) is 0 Å². The smallest absolute Gasteiger partial charge is 0.203 e. The first-order valence-corrected chi connectivity index (χ1v) is 5.92. The van der Waals surface area contributed by atoms with Gasteiger partial charge < -0.3 is 5.73 Å². The zero-order chi connectivity index (χ0) is 10.1. The van der Waals surface area contributed by atoms with Crippen molar-refractivity contribution in [3.8, 4) is 10.6 Å². The highest BCUT2D eigenvalue weighted by Gasteiger charge is 2.09. The molecule has 0 radical (unpaired) electrons. The largest absolute Gasteiger partial charge is 0.374 e. The highest BCUT2D eigenvalue weighted by molar-refractivity contribution is 14.1. The molecule has 0 spiro atoms. The van der Waals surface area contributed by atoms with E-state index >= 15 is 0 Å². The molecule has 0 fully saturated rings. The van der Waals surface area contributed by atoms with Gasteiger partial charge in [0.25, 0.3) is 0 Å². The van der Waals surface area contributed by atoms with E-state index in [1.54, 1.807) is 0 Å². The van der Waals surface area contributed by atoms with Gasteiger partial charge in [0.15, 0.2) is 5.01 Å². The van der Waals surface area contributed by atoms with Crippen LogP contribution in [0.4, 0.5) is 5.13 Å². The van der Waals surface area contributed by atoms with Gasteiger partial charge in [0.1, 0.15) is 0 Å². The zero-order valence-electron chi connectivity index (χ0n) is 7.49. The summed E-state index contributed by atoms with van der Waals surface area (Å²) in [6, 6.07) is 6.13. The molecule has 0 amide bonds. The van der Waals surface area contributed by atoms with Crippen LogP contribution in [0.25, 0.3) is 10.6 Å². The number of nitrogens with two attached hydrogens (primary N) is 1. The number of anilines is 1. The number of nitrogen functional groups attached to an aromatic ring is 1. The van der Waals surface area contributed by atoms with Gasteiger partial charge in [-0.15, -0.1) is 10.2 Å². The van der Waals surface area contributed by atoms with Crippen LogP contribution in [0, 0.1) is 10.5 Å². The van der Waals surface area contributed by atoms with Crippen LogP contribution < -0.4 is 5.73 Å². The van der Waals surface area contributed by atoms with Crippen molar-refractivity contribution in [2.75, 3.05) is 5.73 Å². The SMILES string of the molecule is Cc1cccc(-c2nnc(N)s2)c1I. The average Bonchev–Trinajstić information content (AvgIpc) is 2.57. The van der Waals surface area contributed by atoms with E-state index < -0.39 is 0 Å². The van der Waals surface area contributed by atoms with Crippen molar-refractivity contribution in [2.45, 2.75) is 6.92 Å². The quantitative estimate of drug-likeness (QED) is 0.823. The highest BCUT2D eigenvalue weighted by Crippen LogP contribution is 2.30. The maximum Gasteiger partial charge on any atom is 0.203 e. The van der Waals surface area contributed by atoms with Gasteiger partial charge in [-0.2, -0.15) is 0 Å². The van der Waals surface area contributed by atoms with Crippen LogP contribution >= 0.6 is 33.9 Å². The standard InChI is InChI=1S/C9H8IN3S/c1-5-3-2-4-6(7(5)10)8-12-13-9(11)14-8/h2-4H,1H3,(H2,11,13). The fourth-order valence-corrected chi connectivity index (χ4v) is 2.60. The number of benzene rings is 1. The molecule has 2 N–H and O–H groups in total. The molecule has 1 aromatic heterocycles. The maximum absolute atomic E-state index is 5.55. The van der Waals surface area contributed by atoms with Crippen LogP contribution in [-0.4, -0.2) is 10.2 Å². The summed E-state index contributed by atoms with van der Waals surface area (Å²) in [6.45, 7) is 2.08. The van der Waals surface area contributed by atoms with Crippen molar-refractivity contribution < 1.29 is 0 Å². The van der Waals surface area contributed by atoms with Crippen molar-refractivity contribution in [1.29, 1.82) is 0 Å². The molecule has 0 atom stereocenters. The number of hydrogen-bond donors (Lipinski definition) is 1. The van der Waals surface area contributed by atoms with E-state index in [0.29, 0.717) is 5.13 Å². The molecule has 0 saturated carbocycles.